The molecule has 0 spiro atoms. The molecule has 5 nitrogen and oxygen atoms in total. The minimum Gasteiger partial charge on any atom is -0.496 e. The lowest BCUT2D eigenvalue weighted by atomic mass is 10.00. The fourth-order valence-electron chi connectivity index (χ4n) is 2.05. The van der Waals surface area contributed by atoms with Crippen LogP contribution >= 0.6 is 0 Å². The third-order valence-electron chi connectivity index (χ3n) is 2.89. The Morgan fingerprint density at radius 2 is 1.89 bits per heavy atom. The first-order valence-corrected chi connectivity index (χ1v) is 5.53. The van der Waals surface area contributed by atoms with E-state index in [-0.39, 0.29) is 5.88 Å². The number of ether oxygens (including phenoxy) is 2. The molecule has 0 unspecified atom stereocenters. The maximum Gasteiger partial charge on any atom is 0.222 e. The maximum absolute atomic E-state index is 5.56. The summed E-state index contributed by atoms with van der Waals surface area (Å²) in [7, 11) is 3.25. The summed E-state index contributed by atoms with van der Waals surface area (Å²) in [6.07, 6.45) is 0. The van der Waals surface area contributed by atoms with E-state index >= 15 is 0 Å². The SMILES string of the molecule is COc1cc(C)c(-c2cc(N)on2)c(OC)c1C. The second-order valence-corrected chi connectivity index (χ2v) is 4.04. The van der Waals surface area contributed by atoms with Gasteiger partial charge in [-0.3, -0.25) is 0 Å². The molecule has 1 aromatic heterocycles. The van der Waals surface area contributed by atoms with Crippen LogP contribution in [0.3, 0.4) is 0 Å². The van der Waals surface area contributed by atoms with Crippen LogP contribution < -0.4 is 15.2 Å². The standard InChI is InChI=1S/C13H16N2O3/c1-7-5-10(16-3)8(2)13(17-4)12(7)9-6-11(14)18-15-9/h5-6H,14H2,1-4H3. The van der Waals surface area contributed by atoms with Crippen LogP contribution in [0.2, 0.25) is 0 Å². The smallest absolute Gasteiger partial charge is 0.222 e. The Morgan fingerprint density at radius 1 is 1.17 bits per heavy atom. The Labute approximate surface area is 105 Å². The van der Waals surface area contributed by atoms with E-state index < -0.39 is 0 Å². The number of nitrogen functional groups attached to an aromatic ring is 1. The lowest BCUT2D eigenvalue weighted by Crippen LogP contribution is -1.98. The van der Waals surface area contributed by atoms with Gasteiger partial charge in [0, 0.05) is 17.2 Å². The molecule has 0 saturated carbocycles. The lowest BCUT2D eigenvalue weighted by molar-refractivity contribution is 0.388. The predicted octanol–water partition coefficient (Wildman–Crippen LogP) is 2.56. The highest BCUT2D eigenvalue weighted by Crippen LogP contribution is 2.40. The van der Waals surface area contributed by atoms with Crippen molar-refractivity contribution in [2.75, 3.05) is 20.0 Å². The Balaban J connectivity index is 2.70. The number of rotatable bonds is 3. The minimum atomic E-state index is 0.278. The fraction of sp³-hybridized carbons (Fsp3) is 0.308. The summed E-state index contributed by atoms with van der Waals surface area (Å²) in [6, 6.07) is 3.62. The van der Waals surface area contributed by atoms with Crippen molar-refractivity contribution < 1.29 is 14.0 Å². The third-order valence-corrected chi connectivity index (χ3v) is 2.89. The highest BCUT2D eigenvalue weighted by molar-refractivity contribution is 5.75. The van der Waals surface area contributed by atoms with Crippen LogP contribution in [0.4, 0.5) is 5.88 Å². The van der Waals surface area contributed by atoms with Gasteiger partial charge in [0.15, 0.2) is 0 Å². The molecule has 0 saturated heterocycles. The van der Waals surface area contributed by atoms with Crippen LogP contribution in [0.1, 0.15) is 11.1 Å². The van der Waals surface area contributed by atoms with Gasteiger partial charge >= 0.3 is 0 Å². The van der Waals surface area contributed by atoms with Gasteiger partial charge in [-0.2, -0.15) is 0 Å². The number of hydrogen-bond acceptors (Lipinski definition) is 5. The average Bonchev–Trinajstić information content (AvgIpc) is 2.77. The maximum atomic E-state index is 5.56. The van der Waals surface area contributed by atoms with Gasteiger partial charge in [-0.25, -0.2) is 0 Å². The summed E-state index contributed by atoms with van der Waals surface area (Å²) < 4.78 is 15.7. The van der Waals surface area contributed by atoms with E-state index in [1.807, 2.05) is 19.9 Å². The first-order valence-electron chi connectivity index (χ1n) is 5.53. The zero-order valence-corrected chi connectivity index (χ0v) is 10.9. The average molecular weight is 248 g/mol. The van der Waals surface area contributed by atoms with Crippen LogP contribution in [0.5, 0.6) is 11.5 Å². The summed E-state index contributed by atoms with van der Waals surface area (Å²) >= 11 is 0. The Bertz CT molecular complexity index is 576. The molecule has 1 heterocycles. The summed E-state index contributed by atoms with van der Waals surface area (Å²) in [6.45, 7) is 3.90. The van der Waals surface area contributed by atoms with Gasteiger partial charge in [0.25, 0.3) is 0 Å². The quantitative estimate of drug-likeness (QED) is 0.903. The van der Waals surface area contributed by atoms with Gasteiger partial charge in [-0.1, -0.05) is 5.16 Å². The molecule has 0 fully saturated rings. The summed E-state index contributed by atoms with van der Waals surface area (Å²) in [5.41, 5.74) is 9.00. The number of benzene rings is 1. The number of anilines is 1. The number of nitrogens with zero attached hydrogens (tertiary/aromatic N) is 1. The molecule has 2 aromatic rings. The first kappa shape index (κ1) is 12.3. The van der Waals surface area contributed by atoms with Crippen LogP contribution in [-0.4, -0.2) is 19.4 Å². The van der Waals surface area contributed by atoms with Crippen molar-refractivity contribution in [3.05, 3.63) is 23.3 Å². The molecular weight excluding hydrogens is 232 g/mol. The molecule has 0 amide bonds. The Kier molecular flexibility index (Phi) is 3.14. The van der Waals surface area contributed by atoms with Crippen molar-refractivity contribution in [3.63, 3.8) is 0 Å². The molecular formula is C13H16N2O3. The lowest BCUT2D eigenvalue weighted by Gasteiger charge is -2.15. The van der Waals surface area contributed by atoms with E-state index in [9.17, 15) is 0 Å². The van der Waals surface area contributed by atoms with E-state index in [2.05, 4.69) is 5.16 Å². The van der Waals surface area contributed by atoms with Crippen LogP contribution in [0, 0.1) is 13.8 Å². The topological polar surface area (TPSA) is 70.5 Å². The zero-order chi connectivity index (χ0) is 13.3. The molecule has 0 radical (unpaired) electrons. The van der Waals surface area contributed by atoms with Crippen molar-refractivity contribution >= 4 is 5.88 Å². The summed E-state index contributed by atoms with van der Waals surface area (Å²) in [5.74, 6) is 1.78. The predicted molar refractivity (Wildman–Crippen MR) is 68.9 cm³/mol. The van der Waals surface area contributed by atoms with Crippen molar-refractivity contribution in [2.45, 2.75) is 13.8 Å². The monoisotopic (exact) mass is 248 g/mol. The van der Waals surface area contributed by atoms with Gasteiger partial charge in [-0.05, 0) is 25.5 Å². The molecule has 0 atom stereocenters. The number of aryl methyl sites for hydroxylation is 1. The molecule has 1 aromatic carbocycles. The molecule has 0 bridgehead atoms. The highest BCUT2D eigenvalue weighted by Gasteiger charge is 2.18. The highest BCUT2D eigenvalue weighted by atomic mass is 16.5. The Morgan fingerprint density at radius 3 is 2.39 bits per heavy atom. The summed E-state index contributed by atoms with van der Waals surface area (Å²) in [5, 5.41) is 3.93. The largest absolute Gasteiger partial charge is 0.496 e. The van der Waals surface area contributed by atoms with E-state index in [4.69, 9.17) is 19.7 Å². The molecule has 18 heavy (non-hydrogen) atoms. The number of aromatic nitrogens is 1. The third kappa shape index (κ3) is 1.88. The zero-order valence-electron chi connectivity index (χ0n) is 10.9. The minimum absolute atomic E-state index is 0.278. The molecule has 2 rings (SSSR count). The van der Waals surface area contributed by atoms with Crippen molar-refractivity contribution in [2.24, 2.45) is 0 Å². The first-order chi connectivity index (χ1) is 8.58. The molecule has 0 aliphatic heterocycles. The molecule has 5 heteroatoms. The van der Waals surface area contributed by atoms with Gasteiger partial charge in [0.2, 0.25) is 5.88 Å². The molecule has 96 valence electrons. The molecule has 2 N–H and O–H groups in total. The van der Waals surface area contributed by atoms with Crippen LogP contribution in [0.15, 0.2) is 16.7 Å². The van der Waals surface area contributed by atoms with Crippen molar-refractivity contribution in [1.29, 1.82) is 0 Å². The normalized spacial score (nSPS) is 10.4. The van der Waals surface area contributed by atoms with E-state index in [0.717, 1.165) is 28.2 Å². The van der Waals surface area contributed by atoms with Gasteiger partial charge in [-0.15, -0.1) is 0 Å². The molecule has 0 aliphatic rings. The number of hydrogen-bond donors (Lipinski definition) is 1. The van der Waals surface area contributed by atoms with Gasteiger partial charge in [0.1, 0.15) is 17.2 Å². The summed E-state index contributed by atoms with van der Waals surface area (Å²) in [4.78, 5) is 0. The van der Waals surface area contributed by atoms with E-state index in [1.165, 1.54) is 0 Å². The number of methoxy groups -OCH3 is 2. The number of nitrogens with two attached hydrogens (primary N) is 1. The second-order valence-electron chi connectivity index (χ2n) is 4.04. The van der Waals surface area contributed by atoms with Crippen molar-refractivity contribution in [1.82, 2.24) is 5.16 Å². The Hall–Kier alpha value is -2.17. The van der Waals surface area contributed by atoms with Crippen LogP contribution in [0.25, 0.3) is 11.3 Å². The van der Waals surface area contributed by atoms with Gasteiger partial charge < -0.3 is 19.7 Å². The van der Waals surface area contributed by atoms with Gasteiger partial charge in [0.05, 0.1) is 14.2 Å². The van der Waals surface area contributed by atoms with E-state index in [0.29, 0.717) is 5.69 Å². The molecule has 0 aliphatic carbocycles. The van der Waals surface area contributed by atoms with E-state index in [1.54, 1.807) is 20.3 Å². The van der Waals surface area contributed by atoms with Crippen molar-refractivity contribution in [3.8, 4) is 22.8 Å². The fourth-order valence-corrected chi connectivity index (χ4v) is 2.05. The van der Waals surface area contributed by atoms with Crippen LogP contribution in [-0.2, 0) is 0 Å². The second kappa shape index (κ2) is 4.60.